The summed E-state index contributed by atoms with van der Waals surface area (Å²) in [5, 5.41) is 0. The lowest BCUT2D eigenvalue weighted by molar-refractivity contribution is -0.134. The summed E-state index contributed by atoms with van der Waals surface area (Å²) in [5.74, 6) is 0.913. The van der Waals surface area contributed by atoms with E-state index in [1.807, 2.05) is 0 Å². The molecule has 104 valence electrons. The van der Waals surface area contributed by atoms with Crippen molar-refractivity contribution in [1.82, 2.24) is 0 Å². The predicted molar refractivity (Wildman–Crippen MR) is 81.2 cm³/mol. The number of carbonyl (C=O) groups excluding carboxylic acids is 1. The molecule has 0 radical (unpaired) electrons. The smallest absolute Gasteiger partial charge is 0.165 e. The fourth-order valence-electron chi connectivity index (χ4n) is 5.53. The van der Waals surface area contributed by atoms with Crippen LogP contribution in [0.4, 0.5) is 0 Å². The molecule has 3 fully saturated rings. The molecular weight excluding hydrogens is 244 g/mol. The van der Waals surface area contributed by atoms with E-state index in [9.17, 15) is 4.79 Å². The van der Waals surface area contributed by atoms with Gasteiger partial charge in [-0.2, -0.15) is 0 Å². The Morgan fingerprint density at radius 1 is 1.10 bits per heavy atom. The summed E-state index contributed by atoms with van der Waals surface area (Å²) < 4.78 is 0. The summed E-state index contributed by atoms with van der Waals surface area (Å²) in [4.78, 5) is 12.8. The van der Waals surface area contributed by atoms with Crippen LogP contribution in [0.5, 0.6) is 0 Å². The van der Waals surface area contributed by atoms with Gasteiger partial charge < -0.3 is 0 Å². The zero-order valence-electron chi connectivity index (χ0n) is 12.8. The van der Waals surface area contributed by atoms with Gasteiger partial charge in [-0.05, 0) is 42.2 Å². The highest BCUT2D eigenvalue weighted by atomic mass is 16.1. The Hall–Kier alpha value is -1.37. The number of hydrogen-bond acceptors (Lipinski definition) is 1. The topological polar surface area (TPSA) is 17.1 Å². The molecule has 3 aliphatic carbocycles. The molecule has 3 saturated carbocycles. The number of benzene rings is 1. The maximum Gasteiger partial charge on any atom is 0.165 e. The minimum absolute atomic E-state index is 0.0717. The van der Waals surface area contributed by atoms with E-state index in [4.69, 9.17) is 0 Å². The lowest BCUT2D eigenvalue weighted by Gasteiger charge is -2.47. The molecule has 3 atom stereocenters. The van der Waals surface area contributed by atoms with Gasteiger partial charge in [0.2, 0.25) is 0 Å². The molecule has 1 spiro atoms. The third kappa shape index (κ3) is 1.07. The number of aryl methyl sites for hydroxylation is 1. The minimum Gasteiger partial charge on any atom is -0.294 e. The van der Waals surface area contributed by atoms with Gasteiger partial charge >= 0.3 is 0 Å². The third-order valence-electron chi connectivity index (χ3n) is 6.76. The maximum atomic E-state index is 12.8. The monoisotopic (exact) mass is 266 g/mol. The number of rotatable bonds is 1. The summed E-state index contributed by atoms with van der Waals surface area (Å²) in [7, 11) is 0. The summed E-state index contributed by atoms with van der Waals surface area (Å²) in [5.41, 5.74) is 4.05. The molecule has 0 bridgehead atoms. The van der Waals surface area contributed by atoms with Gasteiger partial charge in [-0.15, -0.1) is 0 Å². The van der Waals surface area contributed by atoms with Gasteiger partial charge in [0.1, 0.15) is 0 Å². The Morgan fingerprint density at radius 3 is 2.25 bits per heavy atom. The zero-order chi connectivity index (χ0) is 14.3. The molecule has 0 saturated heterocycles. The first-order chi connectivity index (χ1) is 9.34. The van der Waals surface area contributed by atoms with Gasteiger partial charge in [-0.1, -0.05) is 50.6 Å². The van der Waals surface area contributed by atoms with Crippen molar-refractivity contribution in [2.75, 3.05) is 0 Å². The Balaban J connectivity index is 1.80. The molecule has 1 nitrogen and oxygen atoms in total. The van der Waals surface area contributed by atoms with Crippen LogP contribution in [0.25, 0.3) is 6.08 Å². The number of carbonyl (C=O) groups is 1. The Bertz CT molecular complexity index is 649. The molecule has 4 rings (SSSR count). The van der Waals surface area contributed by atoms with Crippen LogP contribution in [0.1, 0.15) is 44.7 Å². The van der Waals surface area contributed by atoms with Gasteiger partial charge in [-0.3, -0.25) is 4.79 Å². The van der Waals surface area contributed by atoms with E-state index in [-0.39, 0.29) is 10.8 Å². The van der Waals surface area contributed by atoms with Crippen molar-refractivity contribution < 1.29 is 4.79 Å². The van der Waals surface area contributed by atoms with E-state index in [0.29, 0.717) is 17.1 Å². The van der Waals surface area contributed by atoms with E-state index in [1.54, 1.807) is 0 Å². The van der Waals surface area contributed by atoms with Gasteiger partial charge in [-0.25, -0.2) is 0 Å². The Kier molecular flexibility index (Phi) is 2.02. The van der Waals surface area contributed by atoms with E-state index in [2.05, 4.69) is 58.0 Å². The number of hydrogen-bond donors (Lipinski definition) is 0. The maximum absolute atomic E-state index is 12.8. The number of allylic oxidation sites excluding steroid dienone is 1. The van der Waals surface area contributed by atoms with Gasteiger partial charge in [0.05, 0.1) is 0 Å². The normalized spacial score (nSPS) is 42.1. The highest BCUT2D eigenvalue weighted by Gasteiger charge is 2.88. The summed E-state index contributed by atoms with van der Waals surface area (Å²) in [6, 6.07) is 8.49. The van der Waals surface area contributed by atoms with Gasteiger partial charge in [0.15, 0.2) is 5.78 Å². The predicted octanol–water partition coefficient (Wildman–Crippen LogP) is 4.40. The third-order valence-corrected chi connectivity index (χ3v) is 6.76. The van der Waals surface area contributed by atoms with Gasteiger partial charge in [0, 0.05) is 16.9 Å². The van der Waals surface area contributed by atoms with E-state index < -0.39 is 0 Å². The number of Topliss-reactive ketones (excluding diaryl/α,β-unsaturated/α-hetero) is 1. The molecule has 0 heterocycles. The van der Waals surface area contributed by atoms with Gasteiger partial charge in [0.25, 0.3) is 0 Å². The van der Waals surface area contributed by atoms with Crippen LogP contribution in [0.15, 0.2) is 29.8 Å². The molecule has 0 N–H and O–H groups in total. The van der Waals surface area contributed by atoms with Crippen molar-refractivity contribution in [2.24, 2.45) is 22.2 Å². The number of ketones is 1. The second kappa shape index (κ2) is 3.27. The quantitative estimate of drug-likeness (QED) is 0.688. The van der Waals surface area contributed by atoms with Crippen molar-refractivity contribution in [1.29, 1.82) is 0 Å². The second-order valence-electron chi connectivity index (χ2n) is 7.80. The first-order valence-electron chi connectivity index (χ1n) is 7.68. The van der Waals surface area contributed by atoms with Crippen LogP contribution in [0.3, 0.4) is 0 Å². The van der Waals surface area contributed by atoms with Crippen molar-refractivity contribution >= 4 is 11.9 Å². The van der Waals surface area contributed by atoms with Crippen LogP contribution in [0.2, 0.25) is 0 Å². The molecule has 1 aromatic carbocycles. The molecule has 0 aliphatic heterocycles. The fourth-order valence-corrected chi connectivity index (χ4v) is 5.53. The summed E-state index contributed by atoms with van der Waals surface area (Å²) in [6.07, 6.45) is 4.47. The van der Waals surface area contributed by atoms with Crippen LogP contribution in [-0.4, -0.2) is 5.78 Å². The van der Waals surface area contributed by atoms with Crippen molar-refractivity contribution in [3.8, 4) is 0 Å². The molecule has 0 amide bonds. The molecule has 1 heteroatoms. The molecule has 1 aromatic rings. The van der Waals surface area contributed by atoms with Crippen LogP contribution >= 0.6 is 0 Å². The first kappa shape index (κ1) is 12.4. The van der Waals surface area contributed by atoms with E-state index in [1.165, 1.54) is 17.5 Å². The molecular formula is C19H22O. The van der Waals surface area contributed by atoms with Crippen molar-refractivity contribution in [3.63, 3.8) is 0 Å². The highest BCUT2D eigenvalue weighted by molar-refractivity contribution is 6.10. The standard InChI is InChI=1S/C19H22O/c1-12-5-7-13(8-6-12)11-14-15-17(2,3)19(15)10-9-18(19,4)16(14)20/h5-8,11,15H,9-10H2,1-4H3/b14-11-. The van der Waals surface area contributed by atoms with E-state index in [0.717, 1.165) is 12.0 Å². The lowest BCUT2D eigenvalue weighted by Crippen LogP contribution is -2.46. The zero-order valence-corrected chi connectivity index (χ0v) is 12.8. The molecule has 0 aromatic heterocycles. The van der Waals surface area contributed by atoms with Crippen LogP contribution < -0.4 is 0 Å². The fraction of sp³-hybridized carbons (Fsp3) is 0.526. The Labute approximate surface area is 121 Å². The van der Waals surface area contributed by atoms with Crippen molar-refractivity contribution in [2.45, 2.75) is 40.5 Å². The minimum atomic E-state index is -0.0717. The van der Waals surface area contributed by atoms with Crippen LogP contribution in [-0.2, 0) is 4.79 Å². The lowest BCUT2D eigenvalue weighted by atomic mass is 9.55. The largest absolute Gasteiger partial charge is 0.294 e. The highest BCUT2D eigenvalue weighted by Crippen LogP contribution is 2.90. The SMILES string of the molecule is Cc1ccc(/C=C2\C(=O)C3(C)CCC34C2C4(C)C)cc1. The second-order valence-corrected chi connectivity index (χ2v) is 7.80. The van der Waals surface area contributed by atoms with E-state index >= 15 is 0 Å². The Morgan fingerprint density at radius 2 is 1.75 bits per heavy atom. The van der Waals surface area contributed by atoms with Crippen molar-refractivity contribution in [3.05, 3.63) is 41.0 Å². The summed E-state index contributed by atoms with van der Waals surface area (Å²) in [6.45, 7) is 9.00. The molecule has 20 heavy (non-hydrogen) atoms. The summed E-state index contributed by atoms with van der Waals surface area (Å²) >= 11 is 0. The molecule has 3 unspecified atom stereocenters. The van der Waals surface area contributed by atoms with Crippen LogP contribution in [0, 0.1) is 29.1 Å². The average molecular weight is 266 g/mol. The first-order valence-corrected chi connectivity index (χ1v) is 7.68. The average Bonchev–Trinajstić information content (AvgIpc) is 2.90. The molecule has 3 aliphatic rings.